The van der Waals surface area contributed by atoms with Gasteiger partial charge >= 0.3 is 5.69 Å². The molecule has 4 rings (SSSR count). The van der Waals surface area contributed by atoms with E-state index in [0.717, 1.165) is 16.2 Å². The molecule has 0 aliphatic rings. The minimum atomic E-state index is -0.722. The van der Waals surface area contributed by atoms with Crippen LogP contribution in [0.25, 0.3) is 16.6 Å². The number of pyridine rings is 1. The molecule has 0 fully saturated rings. The van der Waals surface area contributed by atoms with Gasteiger partial charge in [-0.3, -0.25) is 19.1 Å². The monoisotopic (exact) mass is 418 g/mol. The van der Waals surface area contributed by atoms with E-state index in [1.54, 1.807) is 36.5 Å². The number of aryl methyl sites for hydroxylation is 1. The SMILES string of the molecule is Cc1ccc2c(c1)c(=O)n(-c1cccc(F)c1)c(=O)n2CC(=O)NCc1ccccn1. The zero-order valence-electron chi connectivity index (χ0n) is 16.7. The fourth-order valence-corrected chi connectivity index (χ4v) is 3.37. The Morgan fingerprint density at radius 1 is 1.06 bits per heavy atom. The van der Waals surface area contributed by atoms with Crippen molar-refractivity contribution in [3.63, 3.8) is 0 Å². The van der Waals surface area contributed by atoms with E-state index in [1.807, 2.05) is 13.0 Å². The van der Waals surface area contributed by atoms with Gasteiger partial charge < -0.3 is 5.32 Å². The molecule has 156 valence electrons. The van der Waals surface area contributed by atoms with Crippen molar-refractivity contribution in [1.82, 2.24) is 19.4 Å². The van der Waals surface area contributed by atoms with Crippen molar-refractivity contribution >= 4 is 16.8 Å². The highest BCUT2D eigenvalue weighted by molar-refractivity contribution is 5.82. The molecule has 0 saturated heterocycles. The summed E-state index contributed by atoms with van der Waals surface area (Å²) >= 11 is 0. The predicted molar refractivity (Wildman–Crippen MR) is 115 cm³/mol. The second kappa shape index (κ2) is 8.35. The highest BCUT2D eigenvalue weighted by Crippen LogP contribution is 2.13. The van der Waals surface area contributed by atoms with Crippen LogP contribution >= 0.6 is 0 Å². The number of benzene rings is 2. The van der Waals surface area contributed by atoms with Gasteiger partial charge in [-0.05, 0) is 49.4 Å². The van der Waals surface area contributed by atoms with Crippen LogP contribution in [0.15, 0.2) is 76.4 Å². The number of nitrogens with zero attached hydrogens (tertiary/aromatic N) is 3. The summed E-state index contributed by atoms with van der Waals surface area (Å²) < 4.78 is 15.9. The second-order valence-electron chi connectivity index (χ2n) is 7.11. The van der Waals surface area contributed by atoms with Crippen molar-refractivity contribution in [2.45, 2.75) is 20.0 Å². The number of carbonyl (C=O) groups excluding carboxylic acids is 1. The highest BCUT2D eigenvalue weighted by atomic mass is 19.1. The van der Waals surface area contributed by atoms with Crippen LogP contribution in [0.1, 0.15) is 11.3 Å². The lowest BCUT2D eigenvalue weighted by Crippen LogP contribution is -2.41. The molecule has 0 bridgehead atoms. The summed E-state index contributed by atoms with van der Waals surface area (Å²) in [5.74, 6) is -0.994. The Morgan fingerprint density at radius 2 is 1.90 bits per heavy atom. The molecule has 0 aliphatic heterocycles. The summed E-state index contributed by atoms with van der Waals surface area (Å²) in [4.78, 5) is 43.0. The average molecular weight is 418 g/mol. The maximum Gasteiger partial charge on any atom is 0.336 e. The van der Waals surface area contributed by atoms with Gasteiger partial charge in [0.05, 0.1) is 28.8 Å². The van der Waals surface area contributed by atoms with Crippen molar-refractivity contribution in [1.29, 1.82) is 0 Å². The number of rotatable bonds is 5. The lowest BCUT2D eigenvalue weighted by molar-refractivity contribution is -0.121. The summed E-state index contributed by atoms with van der Waals surface area (Å²) in [6, 6.07) is 15.6. The van der Waals surface area contributed by atoms with Crippen LogP contribution in [0.4, 0.5) is 4.39 Å². The normalized spacial score (nSPS) is 10.9. The maximum absolute atomic E-state index is 13.8. The molecule has 0 unspecified atom stereocenters. The zero-order chi connectivity index (χ0) is 22.0. The molecule has 31 heavy (non-hydrogen) atoms. The third kappa shape index (κ3) is 4.13. The molecule has 7 nitrogen and oxygen atoms in total. The number of carbonyl (C=O) groups is 1. The first-order valence-electron chi connectivity index (χ1n) is 9.63. The molecule has 4 aromatic rings. The molecule has 2 heterocycles. The van der Waals surface area contributed by atoms with Crippen LogP contribution in [-0.2, 0) is 17.9 Å². The average Bonchev–Trinajstić information content (AvgIpc) is 2.76. The maximum atomic E-state index is 13.8. The summed E-state index contributed by atoms with van der Waals surface area (Å²) in [7, 11) is 0. The Bertz CT molecular complexity index is 1390. The number of aromatic nitrogens is 3. The van der Waals surface area contributed by atoms with E-state index in [2.05, 4.69) is 10.3 Å². The number of amides is 1. The van der Waals surface area contributed by atoms with Crippen LogP contribution in [-0.4, -0.2) is 20.0 Å². The van der Waals surface area contributed by atoms with Crippen molar-refractivity contribution in [2.75, 3.05) is 0 Å². The summed E-state index contributed by atoms with van der Waals surface area (Å²) in [6.45, 7) is 1.72. The van der Waals surface area contributed by atoms with Gasteiger partial charge in [-0.25, -0.2) is 13.8 Å². The minimum Gasteiger partial charge on any atom is -0.349 e. The van der Waals surface area contributed by atoms with E-state index < -0.39 is 23.0 Å². The molecule has 2 aromatic carbocycles. The van der Waals surface area contributed by atoms with Crippen LogP contribution in [0.5, 0.6) is 0 Å². The van der Waals surface area contributed by atoms with E-state index in [-0.39, 0.29) is 24.2 Å². The van der Waals surface area contributed by atoms with E-state index in [0.29, 0.717) is 11.2 Å². The molecule has 0 radical (unpaired) electrons. The molecule has 0 aliphatic carbocycles. The van der Waals surface area contributed by atoms with Gasteiger partial charge in [0.2, 0.25) is 5.91 Å². The fourth-order valence-electron chi connectivity index (χ4n) is 3.37. The lowest BCUT2D eigenvalue weighted by Gasteiger charge is -2.14. The molecular weight excluding hydrogens is 399 g/mol. The molecule has 2 aromatic heterocycles. The van der Waals surface area contributed by atoms with Gasteiger partial charge in [0.15, 0.2) is 0 Å². The number of hydrogen-bond donors (Lipinski definition) is 1. The lowest BCUT2D eigenvalue weighted by atomic mass is 10.1. The van der Waals surface area contributed by atoms with Crippen LogP contribution < -0.4 is 16.6 Å². The largest absolute Gasteiger partial charge is 0.349 e. The first-order chi connectivity index (χ1) is 14.9. The number of nitrogens with one attached hydrogen (secondary N) is 1. The molecule has 0 spiro atoms. The first-order valence-corrected chi connectivity index (χ1v) is 9.63. The third-order valence-corrected chi connectivity index (χ3v) is 4.86. The van der Waals surface area contributed by atoms with Gasteiger partial charge in [-0.15, -0.1) is 0 Å². The van der Waals surface area contributed by atoms with Gasteiger partial charge in [0.25, 0.3) is 5.56 Å². The second-order valence-corrected chi connectivity index (χ2v) is 7.11. The Labute approximate surface area is 176 Å². The third-order valence-electron chi connectivity index (χ3n) is 4.86. The zero-order valence-corrected chi connectivity index (χ0v) is 16.7. The topological polar surface area (TPSA) is 86.0 Å². The van der Waals surface area contributed by atoms with Gasteiger partial charge in [0, 0.05) is 6.20 Å². The van der Waals surface area contributed by atoms with Crippen molar-refractivity contribution in [3.8, 4) is 5.69 Å². The summed E-state index contributed by atoms with van der Waals surface area (Å²) in [6.07, 6.45) is 1.62. The molecule has 0 atom stereocenters. The number of hydrogen-bond acceptors (Lipinski definition) is 4. The van der Waals surface area contributed by atoms with E-state index >= 15 is 0 Å². The molecular formula is C23H19FN4O3. The van der Waals surface area contributed by atoms with E-state index in [1.165, 1.54) is 22.8 Å². The van der Waals surface area contributed by atoms with E-state index in [4.69, 9.17) is 0 Å². The quantitative estimate of drug-likeness (QED) is 0.539. The Morgan fingerprint density at radius 3 is 2.65 bits per heavy atom. The summed E-state index contributed by atoms with van der Waals surface area (Å²) in [5, 5.41) is 2.99. The minimum absolute atomic E-state index is 0.0982. The van der Waals surface area contributed by atoms with E-state index in [9.17, 15) is 18.8 Å². The smallest absolute Gasteiger partial charge is 0.336 e. The predicted octanol–water partition coefficient (Wildman–Crippen LogP) is 2.31. The fraction of sp³-hybridized carbons (Fsp3) is 0.130. The van der Waals surface area contributed by atoms with Crippen LogP contribution in [0.2, 0.25) is 0 Å². The first kappa shape index (κ1) is 20.2. The Kier molecular flexibility index (Phi) is 5.44. The standard InChI is InChI=1S/C23H19FN4O3/c1-15-8-9-20-19(11-15)22(30)28(18-7-4-5-16(24)12-18)23(31)27(20)14-21(29)26-13-17-6-2-3-10-25-17/h2-12H,13-14H2,1H3,(H,26,29). The molecule has 1 N–H and O–H groups in total. The van der Waals surface area contributed by atoms with Crippen molar-refractivity contribution in [2.24, 2.45) is 0 Å². The van der Waals surface area contributed by atoms with Gasteiger partial charge in [-0.2, -0.15) is 0 Å². The van der Waals surface area contributed by atoms with Crippen molar-refractivity contribution < 1.29 is 9.18 Å². The number of halogens is 1. The molecule has 8 heteroatoms. The number of fused-ring (bicyclic) bond motifs is 1. The van der Waals surface area contributed by atoms with Crippen LogP contribution in [0.3, 0.4) is 0 Å². The summed E-state index contributed by atoms with van der Waals surface area (Å²) in [5.41, 5.74) is 0.635. The highest BCUT2D eigenvalue weighted by Gasteiger charge is 2.17. The molecule has 1 amide bonds. The van der Waals surface area contributed by atoms with Crippen molar-refractivity contribution in [3.05, 3.63) is 105 Å². The Hall–Kier alpha value is -4.07. The van der Waals surface area contributed by atoms with Gasteiger partial charge in [0.1, 0.15) is 12.4 Å². The Balaban J connectivity index is 1.79. The molecule has 0 saturated carbocycles. The van der Waals surface area contributed by atoms with Gasteiger partial charge in [-0.1, -0.05) is 23.8 Å². The van der Waals surface area contributed by atoms with Crippen LogP contribution in [0, 0.1) is 12.7 Å².